The first-order valence-electron chi connectivity index (χ1n) is 27.5. The summed E-state index contributed by atoms with van der Waals surface area (Å²) in [6.07, 6.45) is 55.2. The molecule has 0 heterocycles. The van der Waals surface area contributed by atoms with Crippen LogP contribution in [0.4, 0.5) is 0 Å². The molecule has 0 aliphatic heterocycles. The zero-order valence-corrected chi connectivity index (χ0v) is 43.7. The predicted molar refractivity (Wildman–Crippen MR) is 270 cm³/mol. The van der Waals surface area contributed by atoms with Gasteiger partial charge in [0.2, 0.25) is 5.91 Å². The lowest BCUT2D eigenvalue weighted by atomic mass is 10.0. The van der Waals surface area contributed by atoms with E-state index in [0.29, 0.717) is 23.9 Å². The summed E-state index contributed by atoms with van der Waals surface area (Å²) in [6.45, 7) is 4.76. The van der Waals surface area contributed by atoms with E-state index in [4.69, 9.17) is 9.05 Å². The Hall–Kier alpha value is -0.760. The summed E-state index contributed by atoms with van der Waals surface area (Å²) in [5, 5.41) is 14.0. The van der Waals surface area contributed by atoms with Crippen molar-refractivity contribution in [1.82, 2.24) is 5.32 Å². The largest absolute Gasteiger partial charge is 0.756 e. The second-order valence-electron chi connectivity index (χ2n) is 20.3. The van der Waals surface area contributed by atoms with Gasteiger partial charge in [0.05, 0.1) is 39.9 Å². The van der Waals surface area contributed by atoms with E-state index in [2.05, 4.69) is 31.3 Å². The van der Waals surface area contributed by atoms with Gasteiger partial charge in [0.25, 0.3) is 7.82 Å². The molecular weight excluding hydrogens is 804 g/mol. The quantitative estimate of drug-likeness (QED) is 0.0272. The number of nitrogens with zero attached hydrogens (tertiary/aromatic N) is 1. The van der Waals surface area contributed by atoms with Gasteiger partial charge < -0.3 is 28.8 Å². The van der Waals surface area contributed by atoms with Crippen molar-refractivity contribution in [2.75, 3.05) is 40.9 Å². The van der Waals surface area contributed by atoms with Gasteiger partial charge in [-0.05, 0) is 38.5 Å². The molecule has 8 nitrogen and oxygen atoms in total. The first-order valence-corrected chi connectivity index (χ1v) is 29.0. The number of unbranched alkanes of at least 4 members (excludes halogenated alkanes) is 36. The maximum absolute atomic E-state index is 13.0. The lowest BCUT2D eigenvalue weighted by Gasteiger charge is -2.30. The summed E-state index contributed by atoms with van der Waals surface area (Å²) in [5.41, 5.74) is 0. The molecule has 0 aliphatic carbocycles. The number of carbonyl (C=O) groups is 1. The molecule has 0 aromatic heterocycles. The summed E-state index contributed by atoms with van der Waals surface area (Å²) in [6, 6.07) is -0.800. The smallest absolute Gasteiger partial charge is 0.268 e. The number of rotatable bonds is 51. The Morgan fingerprint density at radius 2 is 0.873 bits per heavy atom. The van der Waals surface area contributed by atoms with Crippen molar-refractivity contribution in [3.63, 3.8) is 0 Å². The first kappa shape index (κ1) is 62.2. The van der Waals surface area contributed by atoms with Crippen LogP contribution < -0.4 is 10.2 Å². The lowest BCUT2D eigenvalue weighted by Crippen LogP contribution is -2.46. The van der Waals surface area contributed by atoms with E-state index in [1.54, 1.807) is 0 Å². The van der Waals surface area contributed by atoms with Crippen molar-refractivity contribution in [1.29, 1.82) is 0 Å². The molecule has 0 aromatic rings. The summed E-state index contributed by atoms with van der Waals surface area (Å²) < 4.78 is 23.4. The molecule has 3 atom stereocenters. The molecule has 9 heteroatoms. The number of aliphatic hydroxyl groups excluding tert-OH is 1. The molecule has 0 spiro atoms. The second kappa shape index (κ2) is 46.4. The third kappa shape index (κ3) is 49.0. The number of hydrogen-bond acceptors (Lipinski definition) is 6. The number of allylic oxidation sites excluding steroid dienone is 2. The molecule has 2 N–H and O–H groups in total. The highest BCUT2D eigenvalue weighted by atomic mass is 31.2. The van der Waals surface area contributed by atoms with Gasteiger partial charge in [-0.2, -0.15) is 0 Å². The van der Waals surface area contributed by atoms with Gasteiger partial charge in [0, 0.05) is 6.42 Å². The van der Waals surface area contributed by atoms with Crippen molar-refractivity contribution in [2.24, 2.45) is 0 Å². The van der Waals surface area contributed by atoms with Gasteiger partial charge >= 0.3 is 0 Å². The van der Waals surface area contributed by atoms with Gasteiger partial charge in [-0.3, -0.25) is 9.36 Å². The Labute approximate surface area is 392 Å². The number of quaternary nitrogens is 1. The third-order valence-electron chi connectivity index (χ3n) is 12.8. The third-order valence-corrected chi connectivity index (χ3v) is 13.7. The number of phosphoric ester groups is 1. The van der Waals surface area contributed by atoms with Gasteiger partial charge in [-0.25, -0.2) is 0 Å². The van der Waals surface area contributed by atoms with Crippen molar-refractivity contribution in [3.8, 4) is 0 Å². The number of carbonyl (C=O) groups excluding carboxylic acids is 1. The van der Waals surface area contributed by atoms with Crippen molar-refractivity contribution >= 4 is 13.7 Å². The van der Waals surface area contributed by atoms with Crippen molar-refractivity contribution < 1.29 is 32.9 Å². The van der Waals surface area contributed by atoms with Crippen LogP contribution in [-0.4, -0.2) is 68.5 Å². The highest BCUT2D eigenvalue weighted by molar-refractivity contribution is 7.45. The maximum Gasteiger partial charge on any atom is 0.268 e. The minimum absolute atomic E-state index is 0.0136. The fourth-order valence-electron chi connectivity index (χ4n) is 8.39. The van der Waals surface area contributed by atoms with Gasteiger partial charge in [-0.15, -0.1) is 0 Å². The summed E-state index contributed by atoms with van der Waals surface area (Å²) >= 11 is 0. The zero-order valence-electron chi connectivity index (χ0n) is 42.8. The normalized spacial score (nSPS) is 14.1. The topological polar surface area (TPSA) is 108 Å². The maximum atomic E-state index is 13.0. The molecule has 0 rings (SSSR count). The minimum atomic E-state index is -4.57. The van der Waals surface area contributed by atoms with E-state index in [-0.39, 0.29) is 19.1 Å². The zero-order chi connectivity index (χ0) is 46.4. The van der Waals surface area contributed by atoms with Gasteiger partial charge in [-0.1, -0.05) is 244 Å². The van der Waals surface area contributed by atoms with Crippen LogP contribution in [0.15, 0.2) is 12.2 Å². The predicted octanol–water partition coefficient (Wildman–Crippen LogP) is 15.6. The molecule has 63 heavy (non-hydrogen) atoms. The molecule has 376 valence electrons. The Morgan fingerprint density at radius 1 is 0.540 bits per heavy atom. The number of amides is 1. The fraction of sp³-hybridized carbons (Fsp3) is 0.944. The highest BCUT2D eigenvalue weighted by Gasteiger charge is 2.24. The molecule has 0 fully saturated rings. The monoisotopic (exact) mass is 913 g/mol. The molecule has 0 bridgehead atoms. The number of phosphoric acid groups is 1. The minimum Gasteiger partial charge on any atom is -0.756 e. The van der Waals surface area contributed by atoms with Crippen LogP contribution in [0.5, 0.6) is 0 Å². The first-order chi connectivity index (χ1) is 30.5. The van der Waals surface area contributed by atoms with Crippen LogP contribution in [0.1, 0.15) is 277 Å². The Balaban J connectivity index is 4.19. The van der Waals surface area contributed by atoms with E-state index in [0.717, 1.165) is 38.5 Å². The van der Waals surface area contributed by atoms with Crippen molar-refractivity contribution in [2.45, 2.75) is 289 Å². The van der Waals surface area contributed by atoms with Gasteiger partial charge in [0.1, 0.15) is 13.2 Å². The highest BCUT2D eigenvalue weighted by Crippen LogP contribution is 2.38. The molecule has 0 radical (unpaired) electrons. The summed E-state index contributed by atoms with van der Waals surface area (Å²) in [5.74, 6) is -0.164. The van der Waals surface area contributed by atoms with Crippen LogP contribution in [0.2, 0.25) is 0 Å². The van der Waals surface area contributed by atoms with Crippen LogP contribution >= 0.6 is 7.82 Å². The van der Waals surface area contributed by atoms with E-state index >= 15 is 0 Å². The molecule has 0 saturated heterocycles. The Morgan fingerprint density at radius 3 is 1.24 bits per heavy atom. The molecule has 1 amide bonds. The fourth-order valence-corrected chi connectivity index (χ4v) is 9.11. The average Bonchev–Trinajstić information content (AvgIpc) is 3.24. The van der Waals surface area contributed by atoms with Crippen LogP contribution in [-0.2, 0) is 18.4 Å². The van der Waals surface area contributed by atoms with Crippen LogP contribution in [0.25, 0.3) is 0 Å². The molecule has 3 unspecified atom stereocenters. The lowest BCUT2D eigenvalue weighted by molar-refractivity contribution is -0.870. The molecule has 0 aliphatic rings. The van der Waals surface area contributed by atoms with E-state index < -0.39 is 20.0 Å². The molecule has 0 saturated carbocycles. The number of aliphatic hydroxyl groups is 1. The standard InChI is InChI=1S/C54H109N2O6P/c1-6-8-10-12-14-16-18-20-22-24-26-27-28-29-30-32-34-36-38-40-42-44-46-48-54(58)55-52(51-62-63(59,60)61-50-49-56(3,4)5)53(57)47-45-43-41-39-37-35-33-31-25-23-21-19-17-15-13-11-9-7-2/h29-30,52-53,57H,6-28,31-51H2,1-5H3,(H-,55,58,59,60)/b30-29-. The van der Waals surface area contributed by atoms with E-state index in [1.807, 2.05) is 21.1 Å². The van der Waals surface area contributed by atoms with E-state index in [1.165, 1.54) is 212 Å². The average molecular weight is 913 g/mol. The van der Waals surface area contributed by atoms with E-state index in [9.17, 15) is 19.4 Å². The summed E-state index contributed by atoms with van der Waals surface area (Å²) in [7, 11) is 1.31. The van der Waals surface area contributed by atoms with Crippen LogP contribution in [0, 0.1) is 0 Å². The summed E-state index contributed by atoms with van der Waals surface area (Å²) in [4.78, 5) is 25.5. The number of hydrogen-bond donors (Lipinski definition) is 2. The number of likely N-dealkylation sites (N-methyl/N-ethyl adjacent to an activating group) is 1. The number of nitrogens with one attached hydrogen (secondary N) is 1. The Bertz CT molecular complexity index is 1040. The Kier molecular flexibility index (Phi) is 45.8. The van der Waals surface area contributed by atoms with Gasteiger partial charge in [0.15, 0.2) is 0 Å². The van der Waals surface area contributed by atoms with Crippen molar-refractivity contribution in [3.05, 3.63) is 12.2 Å². The van der Waals surface area contributed by atoms with Crippen LogP contribution in [0.3, 0.4) is 0 Å². The molecule has 0 aromatic carbocycles. The molecular formula is C54H109N2O6P. The SMILES string of the molecule is CCCCCCCCCCCCCC/C=C\CCCCCCCCCC(=O)NC(COP(=O)([O-])OCC[N+](C)(C)C)C(O)CCCCCCCCCCCCCCCCCCCC. The second-order valence-corrected chi connectivity index (χ2v) is 21.7.